The molecule has 2 rings (SSSR count). The van der Waals surface area contributed by atoms with Crippen LogP contribution in [-0.2, 0) is 0 Å². The lowest BCUT2D eigenvalue weighted by molar-refractivity contribution is 0.102. The van der Waals surface area contributed by atoms with Gasteiger partial charge in [0.25, 0.3) is 5.91 Å². The molecule has 0 aliphatic rings. The first-order chi connectivity index (χ1) is 8.58. The fraction of sp³-hybridized carbons (Fsp3) is 0.0769. The Morgan fingerprint density at radius 2 is 1.89 bits per heavy atom. The number of nitrogens with one attached hydrogen (secondary N) is 1. The first-order valence-electron chi connectivity index (χ1n) is 5.27. The molecule has 0 saturated heterocycles. The second-order valence-corrected chi connectivity index (χ2v) is 5.38. The highest BCUT2D eigenvalue weighted by Crippen LogP contribution is 2.23. The molecular formula is C13H10Br2N2O. The molecule has 92 valence electrons. The van der Waals surface area contributed by atoms with Crippen LogP contribution in [0.2, 0.25) is 0 Å². The highest BCUT2D eigenvalue weighted by molar-refractivity contribution is 9.10. The summed E-state index contributed by atoms with van der Waals surface area (Å²) in [5.74, 6) is -0.225. The van der Waals surface area contributed by atoms with Crippen LogP contribution in [0.1, 0.15) is 16.1 Å². The van der Waals surface area contributed by atoms with Crippen molar-refractivity contribution in [3.8, 4) is 0 Å². The molecule has 0 aliphatic heterocycles. The van der Waals surface area contributed by atoms with Crippen molar-refractivity contribution in [1.29, 1.82) is 0 Å². The van der Waals surface area contributed by atoms with Gasteiger partial charge in [-0.3, -0.25) is 4.79 Å². The van der Waals surface area contributed by atoms with Gasteiger partial charge in [-0.15, -0.1) is 0 Å². The van der Waals surface area contributed by atoms with Gasteiger partial charge in [0.2, 0.25) is 0 Å². The van der Waals surface area contributed by atoms with E-state index in [1.165, 1.54) is 0 Å². The molecular weight excluding hydrogens is 360 g/mol. The molecule has 1 aromatic heterocycles. The second kappa shape index (κ2) is 5.63. The maximum atomic E-state index is 12.0. The third kappa shape index (κ3) is 2.97. The lowest BCUT2D eigenvalue weighted by atomic mass is 10.2. The SMILES string of the molecule is Cc1c(Br)cccc1NC(=O)c1cccc(Br)n1. The maximum absolute atomic E-state index is 12.0. The van der Waals surface area contributed by atoms with Crippen LogP contribution in [0.3, 0.4) is 0 Å². The summed E-state index contributed by atoms with van der Waals surface area (Å²) in [6, 6.07) is 10.9. The van der Waals surface area contributed by atoms with Gasteiger partial charge in [0.1, 0.15) is 10.3 Å². The van der Waals surface area contributed by atoms with Crippen molar-refractivity contribution >= 4 is 43.5 Å². The predicted molar refractivity (Wildman–Crippen MR) is 78.8 cm³/mol. The molecule has 0 unspecified atom stereocenters. The number of nitrogens with zero attached hydrogens (tertiary/aromatic N) is 1. The van der Waals surface area contributed by atoms with Gasteiger partial charge in [0.05, 0.1) is 0 Å². The number of hydrogen-bond donors (Lipinski definition) is 1. The zero-order chi connectivity index (χ0) is 13.1. The Morgan fingerprint density at radius 1 is 1.17 bits per heavy atom. The molecule has 0 aliphatic carbocycles. The Labute approximate surface area is 122 Å². The lowest BCUT2D eigenvalue weighted by Crippen LogP contribution is -2.14. The number of benzene rings is 1. The van der Waals surface area contributed by atoms with Gasteiger partial charge in [0, 0.05) is 10.2 Å². The van der Waals surface area contributed by atoms with E-state index in [-0.39, 0.29) is 5.91 Å². The van der Waals surface area contributed by atoms with Gasteiger partial charge in [0.15, 0.2) is 0 Å². The summed E-state index contributed by atoms with van der Waals surface area (Å²) in [5.41, 5.74) is 2.14. The van der Waals surface area contributed by atoms with E-state index in [1.54, 1.807) is 18.2 Å². The van der Waals surface area contributed by atoms with Crippen molar-refractivity contribution < 1.29 is 4.79 Å². The predicted octanol–water partition coefficient (Wildman–Crippen LogP) is 4.17. The molecule has 2 aromatic rings. The lowest BCUT2D eigenvalue weighted by Gasteiger charge is -2.09. The molecule has 0 saturated carbocycles. The highest BCUT2D eigenvalue weighted by atomic mass is 79.9. The van der Waals surface area contributed by atoms with Crippen LogP contribution in [0, 0.1) is 6.92 Å². The maximum Gasteiger partial charge on any atom is 0.274 e. The van der Waals surface area contributed by atoms with E-state index in [4.69, 9.17) is 0 Å². The topological polar surface area (TPSA) is 42.0 Å². The van der Waals surface area contributed by atoms with Gasteiger partial charge in [-0.1, -0.05) is 28.1 Å². The van der Waals surface area contributed by atoms with E-state index in [9.17, 15) is 4.79 Å². The summed E-state index contributed by atoms with van der Waals surface area (Å²) >= 11 is 6.67. The van der Waals surface area contributed by atoms with Crippen molar-refractivity contribution in [2.75, 3.05) is 5.32 Å². The summed E-state index contributed by atoms with van der Waals surface area (Å²) in [6.45, 7) is 1.94. The van der Waals surface area contributed by atoms with E-state index in [0.29, 0.717) is 10.3 Å². The minimum absolute atomic E-state index is 0.225. The van der Waals surface area contributed by atoms with Crippen LogP contribution in [0.25, 0.3) is 0 Å². The normalized spacial score (nSPS) is 10.2. The first-order valence-corrected chi connectivity index (χ1v) is 6.85. The van der Waals surface area contributed by atoms with Crippen LogP contribution in [0.5, 0.6) is 0 Å². The van der Waals surface area contributed by atoms with Gasteiger partial charge >= 0.3 is 0 Å². The number of aromatic nitrogens is 1. The van der Waals surface area contributed by atoms with Gasteiger partial charge in [-0.2, -0.15) is 0 Å². The number of carbonyl (C=O) groups excluding carboxylic acids is 1. The molecule has 0 fully saturated rings. The van der Waals surface area contributed by atoms with E-state index < -0.39 is 0 Å². The number of rotatable bonds is 2. The van der Waals surface area contributed by atoms with Gasteiger partial charge in [-0.25, -0.2) is 4.98 Å². The third-order valence-corrected chi connectivity index (χ3v) is 3.76. The van der Waals surface area contributed by atoms with Crippen LogP contribution < -0.4 is 5.32 Å². The number of pyridine rings is 1. The van der Waals surface area contributed by atoms with Crippen molar-refractivity contribution in [2.24, 2.45) is 0 Å². The molecule has 1 amide bonds. The molecule has 0 radical (unpaired) electrons. The Balaban J connectivity index is 2.24. The smallest absolute Gasteiger partial charge is 0.274 e. The summed E-state index contributed by atoms with van der Waals surface area (Å²) in [4.78, 5) is 16.1. The van der Waals surface area contributed by atoms with Gasteiger partial charge < -0.3 is 5.32 Å². The van der Waals surface area contributed by atoms with Crippen LogP contribution in [-0.4, -0.2) is 10.9 Å². The molecule has 1 aromatic carbocycles. The molecule has 0 spiro atoms. The Hall–Kier alpha value is -1.20. The zero-order valence-corrected chi connectivity index (χ0v) is 12.7. The third-order valence-electron chi connectivity index (χ3n) is 2.46. The Kier molecular flexibility index (Phi) is 4.14. The fourth-order valence-corrected chi connectivity index (χ4v) is 2.17. The summed E-state index contributed by atoms with van der Waals surface area (Å²) in [6.07, 6.45) is 0. The summed E-state index contributed by atoms with van der Waals surface area (Å²) in [7, 11) is 0. The molecule has 18 heavy (non-hydrogen) atoms. The Morgan fingerprint density at radius 3 is 2.61 bits per heavy atom. The molecule has 3 nitrogen and oxygen atoms in total. The Bertz CT molecular complexity index is 599. The monoisotopic (exact) mass is 368 g/mol. The first kappa shape index (κ1) is 13.2. The van der Waals surface area contributed by atoms with E-state index in [0.717, 1.165) is 15.7 Å². The fourth-order valence-electron chi connectivity index (χ4n) is 1.46. The van der Waals surface area contributed by atoms with Crippen molar-refractivity contribution in [3.63, 3.8) is 0 Å². The minimum Gasteiger partial charge on any atom is -0.320 e. The average molecular weight is 370 g/mol. The quantitative estimate of drug-likeness (QED) is 0.807. The van der Waals surface area contributed by atoms with Crippen molar-refractivity contribution in [1.82, 2.24) is 4.98 Å². The van der Waals surface area contributed by atoms with E-state index in [2.05, 4.69) is 42.2 Å². The van der Waals surface area contributed by atoms with E-state index in [1.807, 2.05) is 25.1 Å². The molecule has 1 heterocycles. The summed E-state index contributed by atoms with van der Waals surface area (Å²) in [5, 5.41) is 2.84. The molecule has 0 atom stereocenters. The van der Waals surface area contributed by atoms with Crippen LogP contribution >= 0.6 is 31.9 Å². The molecule has 5 heteroatoms. The number of amides is 1. The summed E-state index contributed by atoms with van der Waals surface area (Å²) < 4.78 is 1.60. The standard InChI is InChI=1S/C13H10Br2N2O/c1-8-9(14)4-2-5-10(8)17-13(18)11-6-3-7-12(15)16-11/h2-7H,1H3,(H,17,18). The second-order valence-electron chi connectivity index (χ2n) is 3.71. The van der Waals surface area contributed by atoms with Crippen molar-refractivity contribution in [3.05, 3.63) is 56.7 Å². The van der Waals surface area contributed by atoms with Crippen molar-refractivity contribution in [2.45, 2.75) is 6.92 Å². The number of halogens is 2. The van der Waals surface area contributed by atoms with Crippen LogP contribution in [0.15, 0.2) is 45.5 Å². The zero-order valence-electron chi connectivity index (χ0n) is 9.58. The largest absolute Gasteiger partial charge is 0.320 e. The highest BCUT2D eigenvalue weighted by Gasteiger charge is 2.10. The average Bonchev–Trinajstić information content (AvgIpc) is 2.35. The minimum atomic E-state index is -0.225. The van der Waals surface area contributed by atoms with Crippen LogP contribution in [0.4, 0.5) is 5.69 Å². The molecule has 1 N–H and O–H groups in total. The molecule has 0 bridgehead atoms. The number of carbonyl (C=O) groups is 1. The van der Waals surface area contributed by atoms with Gasteiger partial charge in [-0.05, 0) is 52.7 Å². The number of anilines is 1. The van der Waals surface area contributed by atoms with E-state index >= 15 is 0 Å². The number of hydrogen-bond acceptors (Lipinski definition) is 2.